The van der Waals surface area contributed by atoms with Gasteiger partial charge < -0.3 is 18.6 Å². The fraction of sp³-hybridized carbons (Fsp3) is 0.562. The number of aromatic nitrogens is 2. The number of anilines is 1. The van der Waals surface area contributed by atoms with Crippen molar-refractivity contribution in [2.24, 2.45) is 0 Å². The fourth-order valence-electron chi connectivity index (χ4n) is 3.12. The van der Waals surface area contributed by atoms with Crippen LogP contribution in [0.4, 0.5) is 10.4 Å². The van der Waals surface area contributed by atoms with E-state index in [1.165, 1.54) is 0 Å². The smallest absolute Gasteiger partial charge is 0.318 e. The molecule has 3 rings (SSSR count). The number of carbonyl (C=O) groups excluding carboxylic acids is 1. The van der Waals surface area contributed by atoms with Gasteiger partial charge in [-0.25, -0.2) is 4.39 Å². The second-order valence-electron chi connectivity index (χ2n) is 6.26. The number of carbonyl (C=O) groups is 1. The quantitative estimate of drug-likeness (QED) is 0.852. The molecular formula is C16H21FN4O3. The molecule has 0 spiro atoms. The summed E-state index contributed by atoms with van der Waals surface area (Å²) in [6, 6.07) is 1.82. The third-order valence-corrected chi connectivity index (χ3v) is 4.23. The summed E-state index contributed by atoms with van der Waals surface area (Å²) in [6.45, 7) is 5.81. The van der Waals surface area contributed by atoms with Crippen LogP contribution in [0.5, 0.6) is 0 Å². The molecule has 0 unspecified atom stereocenters. The Bertz CT molecular complexity index is 742. The Kier molecular flexibility index (Phi) is 4.29. The highest BCUT2D eigenvalue weighted by molar-refractivity contribution is 5.95. The number of furan rings is 1. The van der Waals surface area contributed by atoms with Crippen LogP contribution in [-0.4, -0.2) is 53.4 Å². The first-order chi connectivity index (χ1) is 11.3. The number of halogens is 1. The minimum absolute atomic E-state index is 0.145. The zero-order valence-corrected chi connectivity index (χ0v) is 14.2. The highest BCUT2D eigenvalue weighted by atomic mass is 19.1. The molecule has 1 amide bonds. The number of aryl methyl sites for hydroxylation is 3. The van der Waals surface area contributed by atoms with Crippen molar-refractivity contribution in [2.45, 2.75) is 39.4 Å². The first kappa shape index (κ1) is 16.5. The molecule has 0 bridgehead atoms. The van der Waals surface area contributed by atoms with E-state index < -0.39 is 6.17 Å². The molecule has 2 atom stereocenters. The highest BCUT2D eigenvalue weighted by Gasteiger charge is 2.36. The van der Waals surface area contributed by atoms with E-state index in [2.05, 4.69) is 10.2 Å². The molecule has 7 nitrogen and oxygen atoms in total. The van der Waals surface area contributed by atoms with Crippen LogP contribution in [0, 0.1) is 20.8 Å². The molecule has 3 heterocycles. The van der Waals surface area contributed by atoms with Crippen LogP contribution in [0.2, 0.25) is 0 Å². The van der Waals surface area contributed by atoms with Crippen molar-refractivity contribution in [2.75, 3.05) is 25.0 Å². The summed E-state index contributed by atoms with van der Waals surface area (Å²) in [6.07, 6.45) is -0.661. The van der Waals surface area contributed by atoms with Crippen molar-refractivity contribution < 1.29 is 18.0 Å². The maximum atomic E-state index is 13.9. The van der Waals surface area contributed by atoms with Crippen molar-refractivity contribution in [1.29, 1.82) is 0 Å². The number of nitrogens with zero attached hydrogens (tertiary/aromatic N) is 4. The van der Waals surface area contributed by atoms with Gasteiger partial charge >= 0.3 is 6.01 Å². The van der Waals surface area contributed by atoms with E-state index in [4.69, 9.17) is 8.83 Å². The third kappa shape index (κ3) is 3.13. The van der Waals surface area contributed by atoms with Crippen LogP contribution in [0.1, 0.15) is 34.2 Å². The van der Waals surface area contributed by atoms with Gasteiger partial charge in [-0.3, -0.25) is 4.79 Å². The van der Waals surface area contributed by atoms with Gasteiger partial charge in [-0.2, -0.15) is 0 Å². The predicted molar refractivity (Wildman–Crippen MR) is 84.8 cm³/mol. The second kappa shape index (κ2) is 6.26. The average Bonchev–Trinajstić information content (AvgIpc) is 3.18. The van der Waals surface area contributed by atoms with Gasteiger partial charge in [0.25, 0.3) is 5.91 Å². The van der Waals surface area contributed by atoms with E-state index in [1.54, 1.807) is 43.7 Å². The summed E-state index contributed by atoms with van der Waals surface area (Å²) in [5.41, 5.74) is 0.532. The number of alkyl halides is 1. The zero-order chi connectivity index (χ0) is 17.4. The van der Waals surface area contributed by atoms with Crippen LogP contribution in [0.3, 0.4) is 0 Å². The molecule has 2 aromatic heterocycles. The fourth-order valence-corrected chi connectivity index (χ4v) is 3.12. The van der Waals surface area contributed by atoms with Crippen LogP contribution >= 0.6 is 0 Å². The van der Waals surface area contributed by atoms with Crippen molar-refractivity contribution in [3.8, 4) is 0 Å². The summed E-state index contributed by atoms with van der Waals surface area (Å²) in [5.74, 6) is 1.56. The summed E-state index contributed by atoms with van der Waals surface area (Å²) >= 11 is 0. The Balaban J connectivity index is 1.73. The van der Waals surface area contributed by atoms with Gasteiger partial charge in [0.1, 0.15) is 17.7 Å². The van der Waals surface area contributed by atoms with Crippen molar-refractivity contribution in [1.82, 2.24) is 15.1 Å². The normalized spacial score (nSPS) is 20.6. The Morgan fingerprint density at radius 1 is 1.38 bits per heavy atom. The minimum Gasteiger partial charge on any atom is -0.466 e. The molecule has 0 aliphatic carbocycles. The number of rotatable bonds is 4. The van der Waals surface area contributed by atoms with Crippen LogP contribution in [0.25, 0.3) is 0 Å². The first-order valence-corrected chi connectivity index (χ1v) is 7.88. The van der Waals surface area contributed by atoms with Gasteiger partial charge in [0.2, 0.25) is 5.89 Å². The lowest BCUT2D eigenvalue weighted by atomic mass is 10.1. The summed E-state index contributed by atoms with van der Waals surface area (Å²) in [5, 5.41) is 7.76. The summed E-state index contributed by atoms with van der Waals surface area (Å²) < 4.78 is 24.7. The predicted octanol–water partition coefficient (Wildman–Crippen LogP) is 2.28. The monoisotopic (exact) mass is 336 g/mol. The van der Waals surface area contributed by atoms with E-state index in [0.717, 1.165) is 0 Å². The molecule has 8 heteroatoms. The topological polar surface area (TPSA) is 75.6 Å². The van der Waals surface area contributed by atoms with Crippen molar-refractivity contribution in [3.63, 3.8) is 0 Å². The third-order valence-electron chi connectivity index (χ3n) is 4.23. The molecule has 1 saturated heterocycles. The van der Waals surface area contributed by atoms with E-state index in [1.807, 2.05) is 0 Å². The maximum Gasteiger partial charge on any atom is 0.318 e. The number of likely N-dealkylation sites (N-methyl/N-ethyl adjacent to an activating group) is 1. The maximum absolute atomic E-state index is 13.9. The largest absolute Gasteiger partial charge is 0.466 e. The van der Waals surface area contributed by atoms with Gasteiger partial charge in [-0.05, 0) is 19.9 Å². The molecule has 24 heavy (non-hydrogen) atoms. The lowest BCUT2D eigenvalue weighted by Crippen LogP contribution is -2.41. The van der Waals surface area contributed by atoms with Gasteiger partial charge in [-0.1, -0.05) is 5.10 Å². The molecule has 1 fully saturated rings. The lowest BCUT2D eigenvalue weighted by molar-refractivity contribution is 0.0783. The number of hydrogen-bond donors (Lipinski definition) is 0. The minimum atomic E-state index is -0.983. The van der Waals surface area contributed by atoms with Gasteiger partial charge in [0.15, 0.2) is 0 Å². The van der Waals surface area contributed by atoms with Gasteiger partial charge in [0, 0.05) is 26.9 Å². The van der Waals surface area contributed by atoms with Crippen molar-refractivity contribution >= 4 is 11.9 Å². The van der Waals surface area contributed by atoms with Crippen LogP contribution < -0.4 is 4.90 Å². The molecule has 0 saturated carbocycles. The molecular weight excluding hydrogens is 315 g/mol. The molecule has 0 radical (unpaired) electrons. The molecule has 0 N–H and O–H groups in total. The van der Waals surface area contributed by atoms with E-state index in [0.29, 0.717) is 42.0 Å². The van der Waals surface area contributed by atoms with Crippen LogP contribution in [0.15, 0.2) is 14.9 Å². The SMILES string of the molecule is Cc1cc(C(=O)N(C)C[C@@H]2C[C@H](F)CN2c2nnc(C)o2)c(C)o1. The first-order valence-electron chi connectivity index (χ1n) is 7.88. The number of hydrogen-bond acceptors (Lipinski definition) is 6. The Morgan fingerprint density at radius 3 is 2.71 bits per heavy atom. The molecule has 2 aromatic rings. The average molecular weight is 336 g/mol. The molecule has 130 valence electrons. The van der Waals surface area contributed by atoms with E-state index >= 15 is 0 Å². The van der Waals surface area contributed by atoms with E-state index in [-0.39, 0.29) is 18.5 Å². The Morgan fingerprint density at radius 2 is 2.12 bits per heavy atom. The standard InChI is InChI=1S/C16H21FN4O3/c1-9-5-14(10(2)23-9)15(22)20(4)8-13-6-12(17)7-21(13)16-19-18-11(3)24-16/h5,12-13H,6-8H2,1-4H3/t12-,13-/m0/s1. The molecule has 1 aliphatic heterocycles. The number of amides is 1. The van der Waals surface area contributed by atoms with Gasteiger partial charge in [-0.15, -0.1) is 5.10 Å². The lowest BCUT2D eigenvalue weighted by Gasteiger charge is -2.27. The zero-order valence-electron chi connectivity index (χ0n) is 14.2. The Labute approximate surface area is 139 Å². The van der Waals surface area contributed by atoms with Gasteiger partial charge in [0.05, 0.1) is 18.2 Å². The summed E-state index contributed by atoms with van der Waals surface area (Å²) in [7, 11) is 1.70. The van der Waals surface area contributed by atoms with Crippen LogP contribution in [-0.2, 0) is 0 Å². The highest BCUT2D eigenvalue weighted by Crippen LogP contribution is 2.27. The molecule has 0 aromatic carbocycles. The molecule has 1 aliphatic rings. The summed E-state index contributed by atoms with van der Waals surface area (Å²) in [4.78, 5) is 15.9. The second-order valence-corrected chi connectivity index (χ2v) is 6.26. The Hall–Kier alpha value is -2.38. The van der Waals surface area contributed by atoms with E-state index in [9.17, 15) is 9.18 Å². The van der Waals surface area contributed by atoms with Crippen molar-refractivity contribution in [3.05, 3.63) is 29.0 Å².